The predicted molar refractivity (Wildman–Crippen MR) is 85.6 cm³/mol. The average Bonchev–Trinajstić information content (AvgIpc) is 3.40. The maximum atomic E-state index is 5.42. The van der Waals surface area contributed by atoms with E-state index in [2.05, 4.69) is 23.5 Å². The van der Waals surface area contributed by atoms with E-state index >= 15 is 0 Å². The number of methoxy groups -OCH3 is 1. The lowest BCUT2D eigenvalue weighted by Crippen LogP contribution is -2.31. The highest BCUT2D eigenvalue weighted by Gasteiger charge is 2.41. The van der Waals surface area contributed by atoms with E-state index in [0.717, 1.165) is 23.5 Å². The quantitative estimate of drug-likeness (QED) is 0.849. The van der Waals surface area contributed by atoms with Crippen molar-refractivity contribution in [3.05, 3.63) is 29.3 Å². The first-order valence-corrected chi connectivity index (χ1v) is 8.75. The molecule has 1 unspecified atom stereocenters. The molecule has 1 N–H and O–H groups in total. The second-order valence-electron chi connectivity index (χ2n) is 7.26. The van der Waals surface area contributed by atoms with Gasteiger partial charge in [0.1, 0.15) is 5.75 Å². The van der Waals surface area contributed by atoms with Crippen LogP contribution in [0.5, 0.6) is 5.75 Å². The lowest BCUT2D eigenvalue weighted by molar-refractivity contribution is 0.341. The lowest BCUT2D eigenvalue weighted by atomic mass is 9.87. The maximum Gasteiger partial charge on any atom is 0.119 e. The third kappa shape index (κ3) is 2.96. The first kappa shape index (κ1) is 13.6. The van der Waals surface area contributed by atoms with Gasteiger partial charge >= 0.3 is 0 Å². The van der Waals surface area contributed by atoms with Crippen LogP contribution in [0.2, 0.25) is 0 Å². The molecule has 0 spiro atoms. The number of hydrogen-bond acceptors (Lipinski definition) is 2. The van der Waals surface area contributed by atoms with Crippen LogP contribution in [-0.2, 0) is 6.42 Å². The van der Waals surface area contributed by atoms with Crippen LogP contribution in [0.3, 0.4) is 0 Å². The van der Waals surface area contributed by atoms with Crippen LogP contribution in [-0.4, -0.2) is 13.7 Å². The Balaban J connectivity index is 1.46. The second kappa shape index (κ2) is 5.64. The average molecular weight is 285 g/mol. The number of ether oxygens (including phenoxy) is 1. The molecule has 0 bridgehead atoms. The van der Waals surface area contributed by atoms with Crippen molar-refractivity contribution in [2.45, 2.75) is 51.0 Å². The Kier molecular flexibility index (Phi) is 3.66. The van der Waals surface area contributed by atoms with E-state index in [4.69, 9.17) is 4.74 Å². The molecule has 4 rings (SSSR count). The second-order valence-corrected chi connectivity index (χ2v) is 7.26. The van der Waals surface area contributed by atoms with Crippen molar-refractivity contribution >= 4 is 0 Å². The zero-order chi connectivity index (χ0) is 14.2. The van der Waals surface area contributed by atoms with Crippen LogP contribution < -0.4 is 10.1 Å². The molecule has 2 fully saturated rings. The van der Waals surface area contributed by atoms with Crippen LogP contribution in [0.15, 0.2) is 18.2 Å². The molecule has 21 heavy (non-hydrogen) atoms. The van der Waals surface area contributed by atoms with Gasteiger partial charge in [0.25, 0.3) is 0 Å². The predicted octanol–water partition coefficient (Wildman–Crippen LogP) is 4.10. The molecular formula is C19H27NO. The SMILES string of the molecule is COc1ccc2c(c1)C(NCC(C1CC1)C1CC1)CCC2. The Labute approximate surface area is 128 Å². The van der Waals surface area contributed by atoms with E-state index in [-0.39, 0.29) is 0 Å². The van der Waals surface area contributed by atoms with Gasteiger partial charge in [-0.3, -0.25) is 0 Å². The van der Waals surface area contributed by atoms with Crippen molar-refractivity contribution in [2.24, 2.45) is 17.8 Å². The van der Waals surface area contributed by atoms with Crippen molar-refractivity contribution in [1.82, 2.24) is 5.32 Å². The molecule has 1 aromatic carbocycles. The van der Waals surface area contributed by atoms with Crippen molar-refractivity contribution < 1.29 is 4.74 Å². The Morgan fingerprint density at radius 3 is 2.57 bits per heavy atom. The summed E-state index contributed by atoms with van der Waals surface area (Å²) in [6.07, 6.45) is 9.76. The maximum absolute atomic E-state index is 5.42. The number of hydrogen-bond donors (Lipinski definition) is 1. The molecule has 0 radical (unpaired) electrons. The van der Waals surface area contributed by atoms with E-state index in [1.54, 1.807) is 7.11 Å². The molecule has 0 saturated heterocycles. The monoisotopic (exact) mass is 285 g/mol. The Hall–Kier alpha value is -1.02. The molecule has 2 heteroatoms. The molecule has 0 amide bonds. The molecule has 0 aliphatic heterocycles. The molecule has 0 aromatic heterocycles. The molecule has 1 atom stereocenters. The van der Waals surface area contributed by atoms with E-state index in [1.165, 1.54) is 62.6 Å². The summed E-state index contributed by atoms with van der Waals surface area (Å²) in [6, 6.07) is 7.18. The van der Waals surface area contributed by atoms with Gasteiger partial charge in [0.05, 0.1) is 7.11 Å². The molecule has 1 aromatic rings. The molecule has 0 heterocycles. The third-order valence-electron chi connectivity index (χ3n) is 5.72. The van der Waals surface area contributed by atoms with E-state index in [1.807, 2.05) is 0 Å². The number of benzene rings is 1. The van der Waals surface area contributed by atoms with Gasteiger partial charge in [0.15, 0.2) is 0 Å². The van der Waals surface area contributed by atoms with E-state index in [0.29, 0.717) is 6.04 Å². The molecular weight excluding hydrogens is 258 g/mol. The zero-order valence-electron chi connectivity index (χ0n) is 13.1. The fourth-order valence-electron chi connectivity index (χ4n) is 4.16. The summed E-state index contributed by atoms with van der Waals surface area (Å²) in [7, 11) is 1.77. The van der Waals surface area contributed by atoms with Crippen LogP contribution >= 0.6 is 0 Å². The van der Waals surface area contributed by atoms with E-state index < -0.39 is 0 Å². The number of rotatable bonds is 6. The summed E-state index contributed by atoms with van der Waals surface area (Å²) in [5, 5.41) is 3.92. The van der Waals surface area contributed by atoms with Crippen LogP contribution in [0.25, 0.3) is 0 Å². The van der Waals surface area contributed by atoms with E-state index in [9.17, 15) is 0 Å². The Bertz CT molecular complexity index is 492. The highest BCUT2D eigenvalue weighted by molar-refractivity contribution is 5.39. The molecule has 114 valence electrons. The van der Waals surface area contributed by atoms with Gasteiger partial charge in [-0.25, -0.2) is 0 Å². The summed E-state index contributed by atoms with van der Waals surface area (Å²) in [5.41, 5.74) is 3.01. The number of aryl methyl sites for hydroxylation is 1. The van der Waals surface area contributed by atoms with Gasteiger partial charge in [-0.1, -0.05) is 6.07 Å². The van der Waals surface area contributed by atoms with Gasteiger partial charge in [0, 0.05) is 6.04 Å². The highest BCUT2D eigenvalue weighted by atomic mass is 16.5. The van der Waals surface area contributed by atoms with Crippen molar-refractivity contribution in [2.75, 3.05) is 13.7 Å². The fourth-order valence-corrected chi connectivity index (χ4v) is 4.16. The summed E-state index contributed by atoms with van der Waals surface area (Å²) in [6.45, 7) is 1.23. The minimum atomic E-state index is 0.545. The molecule has 3 aliphatic rings. The van der Waals surface area contributed by atoms with Crippen molar-refractivity contribution in [3.8, 4) is 5.75 Å². The Morgan fingerprint density at radius 1 is 1.14 bits per heavy atom. The molecule has 2 nitrogen and oxygen atoms in total. The first-order valence-electron chi connectivity index (χ1n) is 8.75. The largest absolute Gasteiger partial charge is 0.497 e. The summed E-state index contributed by atoms with van der Waals surface area (Å²) < 4.78 is 5.42. The van der Waals surface area contributed by atoms with Crippen LogP contribution in [0.4, 0.5) is 0 Å². The van der Waals surface area contributed by atoms with Gasteiger partial charge in [-0.15, -0.1) is 0 Å². The van der Waals surface area contributed by atoms with Crippen molar-refractivity contribution in [3.63, 3.8) is 0 Å². The standard InChI is InChI=1S/C19H27NO/c1-21-16-10-9-13-3-2-4-19(17(13)11-16)20-12-18(14-5-6-14)15-7-8-15/h9-11,14-15,18-20H,2-8,12H2,1H3. The van der Waals surface area contributed by atoms with Crippen LogP contribution in [0, 0.1) is 17.8 Å². The minimum absolute atomic E-state index is 0.545. The van der Waals surface area contributed by atoms with Crippen molar-refractivity contribution in [1.29, 1.82) is 0 Å². The van der Waals surface area contributed by atoms with Gasteiger partial charge in [0.2, 0.25) is 0 Å². The van der Waals surface area contributed by atoms with Crippen LogP contribution in [0.1, 0.15) is 55.7 Å². The summed E-state index contributed by atoms with van der Waals surface area (Å²) >= 11 is 0. The lowest BCUT2D eigenvalue weighted by Gasteiger charge is -2.29. The third-order valence-corrected chi connectivity index (χ3v) is 5.72. The smallest absolute Gasteiger partial charge is 0.119 e. The number of fused-ring (bicyclic) bond motifs is 1. The van der Waals surface area contributed by atoms with Gasteiger partial charge < -0.3 is 10.1 Å². The normalized spacial score (nSPS) is 25.0. The van der Waals surface area contributed by atoms with Gasteiger partial charge in [-0.05, 0) is 92.5 Å². The molecule has 2 saturated carbocycles. The highest BCUT2D eigenvalue weighted by Crippen LogP contribution is 2.49. The summed E-state index contributed by atoms with van der Waals surface area (Å²) in [4.78, 5) is 0. The fraction of sp³-hybridized carbons (Fsp3) is 0.684. The number of nitrogens with one attached hydrogen (secondary N) is 1. The van der Waals surface area contributed by atoms with Gasteiger partial charge in [-0.2, -0.15) is 0 Å². The molecule has 3 aliphatic carbocycles. The topological polar surface area (TPSA) is 21.3 Å². The first-order chi connectivity index (χ1) is 10.3. The minimum Gasteiger partial charge on any atom is -0.497 e. The summed E-state index contributed by atoms with van der Waals surface area (Å²) in [5.74, 6) is 4.04. The Morgan fingerprint density at radius 2 is 1.90 bits per heavy atom. The zero-order valence-corrected chi connectivity index (χ0v) is 13.1.